The van der Waals surface area contributed by atoms with Crippen LogP contribution < -0.4 is 20.3 Å². The highest BCUT2D eigenvalue weighted by Gasteiger charge is 2.33. The largest absolute Gasteiger partial charge is 0.492 e. The van der Waals surface area contributed by atoms with Gasteiger partial charge in [-0.3, -0.25) is 0 Å². The van der Waals surface area contributed by atoms with Crippen LogP contribution in [0.2, 0.25) is 0 Å². The van der Waals surface area contributed by atoms with Gasteiger partial charge in [0.05, 0.1) is 25.0 Å². The Hall–Kier alpha value is -2.71. The summed E-state index contributed by atoms with van der Waals surface area (Å²) in [6.07, 6.45) is 2.29. The maximum atomic E-state index is 15.3. The zero-order valence-corrected chi connectivity index (χ0v) is 19.5. The number of nitrogens with one attached hydrogen (secondary N) is 2. The van der Waals surface area contributed by atoms with Crippen molar-refractivity contribution < 1.29 is 28.2 Å². The molecule has 1 unspecified atom stereocenters. The first kappa shape index (κ1) is 23.9. The molecule has 1 atom stereocenters. The lowest BCUT2D eigenvalue weighted by Gasteiger charge is -2.26. The fraction of sp³-hybridized carbons (Fsp3) is 0.652. The van der Waals surface area contributed by atoms with Crippen LogP contribution in [-0.4, -0.2) is 57.1 Å². The number of methoxy groups -OCH3 is 1. The van der Waals surface area contributed by atoms with Crippen molar-refractivity contribution in [3.63, 3.8) is 0 Å². The standard InChI is InChI=1S/C23H34FN3O5/c1-6-31-21(28)16-11-17(24)19(20(30-5)18(16)26-15-7-8-15)27-10-9-14(13-27)12-25-22(29)32-23(2,3)4/h11,14-15,26H,6-10,12-13H2,1-5H3,(H,25,29). The molecule has 0 bridgehead atoms. The third kappa shape index (κ3) is 5.95. The van der Waals surface area contributed by atoms with E-state index in [9.17, 15) is 9.59 Å². The zero-order valence-electron chi connectivity index (χ0n) is 19.5. The molecule has 1 saturated carbocycles. The Kier molecular flexibility index (Phi) is 7.36. The smallest absolute Gasteiger partial charge is 0.407 e. The Morgan fingerprint density at radius 2 is 1.97 bits per heavy atom. The number of carbonyl (C=O) groups is 2. The third-order valence-corrected chi connectivity index (χ3v) is 5.37. The summed E-state index contributed by atoms with van der Waals surface area (Å²) in [4.78, 5) is 26.3. The molecule has 1 aliphatic carbocycles. The van der Waals surface area contributed by atoms with Gasteiger partial charge in [0.1, 0.15) is 11.3 Å². The average Bonchev–Trinajstić information content (AvgIpc) is 3.40. The Morgan fingerprint density at radius 1 is 1.25 bits per heavy atom. The molecule has 2 aliphatic rings. The van der Waals surface area contributed by atoms with Crippen LogP contribution in [0.5, 0.6) is 5.75 Å². The fourth-order valence-electron chi connectivity index (χ4n) is 3.80. The van der Waals surface area contributed by atoms with E-state index in [1.807, 2.05) is 25.7 Å². The molecule has 2 fully saturated rings. The molecule has 2 N–H and O–H groups in total. The highest BCUT2D eigenvalue weighted by atomic mass is 19.1. The highest BCUT2D eigenvalue weighted by Crippen LogP contribution is 2.44. The minimum Gasteiger partial charge on any atom is -0.492 e. The van der Waals surface area contributed by atoms with E-state index >= 15 is 4.39 Å². The van der Waals surface area contributed by atoms with Crippen molar-refractivity contribution in [2.24, 2.45) is 5.92 Å². The number of benzene rings is 1. The summed E-state index contributed by atoms with van der Waals surface area (Å²) in [5.41, 5.74) is 0.372. The lowest BCUT2D eigenvalue weighted by atomic mass is 10.1. The number of esters is 1. The number of ether oxygens (including phenoxy) is 3. The van der Waals surface area contributed by atoms with Crippen molar-refractivity contribution in [3.05, 3.63) is 17.4 Å². The molecule has 32 heavy (non-hydrogen) atoms. The van der Waals surface area contributed by atoms with E-state index in [1.54, 1.807) is 6.92 Å². The van der Waals surface area contributed by atoms with Crippen molar-refractivity contribution in [1.82, 2.24) is 5.32 Å². The van der Waals surface area contributed by atoms with E-state index in [1.165, 1.54) is 13.2 Å². The number of alkyl carbamates (subject to hydrolysis) is 1. The summed E-state index contributed by atoms with van der Waals surface area (Å²) in [6, 6.07) is 1.46. The first-order chi connectivity index (χ1) is 15.1. The summed E-state index contributed by atoms with van der Waals surface area (Å²) in [6.45, 7) is 8.93. The molecule has 3 rings (SSSR count). The summed E-state index contributed by atoms with van der Waals surface area (Å²) < 4.78 is 31.3. The van der Waals surface area contributed by atoms with E-state index in [0.717, 1.165) is 19.3 Å². The first-order valence-corrected chi connectivity index (χ1v) is 11.2. The summed E-state index contributed by atoms with van der Waals surface area (Å²) in [7, 11) is 1.48. The van der Waals surface area contributed by atoms with Crippen LogP contribution in [0.25, 0.3) is 0 Å². The molecule has 1 amide bonds. The first-order valence-electron chi connectivity index (χ1n) is 11.2. The number of carbonyl (C=O) groups excluding carboxylic acids is 2. The molecular formula is C23H34FN3O5. The maximum Gasteiger partial charge on any atom is 0.407 e. The summed E-state index contributed by atoms with van der Waals surface area (Å²) >= 11 is 0. The van der Waals surface area contributed by atoms with Crippen LogP contribution in [0, 0.1) is 11.7 Å². The molecule has 1 aliphatic heterocycles. The molecule has 0 aromatic heterocycles. The van der Waals surface area contributed by atoms with Crippen LogP contribution in [0.15, 0.2) is 6.07 Å². The average molecular weight is 452 g/mol. The van der Waals surface area contributed by atoms with Gasteiger partial charge in [0, 0.05) is 25.7 Å². The number of hydrogen-bond acceptors (Lipinski definition) is 7. The van der Waals surface area contributed by atoms with E-state index in [4.69, 9.17) is 14.2 Å². The van der Waals surface area contributed by atoms with Gasteiger partial charge in [0.15, 0.2) is 11.6 Å². The predicted molar refractivity (Wildman–Crippen MR) is 120 cm³/mol. The highest BCUT2D eigenvalue weighted by molar-refractivity contribution is 5.99. The Bertz CT molecular complexity index is 851. The molecule has 1 aromatic carbocycles. The molecule has 9 heteroatoms. The van der Waals surface area contributed by atoms with Crippen molar-refractivity contribution in [1.29, 1.82) is 0 Å². The zero-order chi connectivity index (χ0) is 23.5. The lowest BCUT2D eigenvalue weighted by Crippen LogP contribution is -2.36. The number of amides is 1. The summed E-state index contributed by atoms with van der Waals surface area (Å²) in [5.74, 6) is -0.677. The number of anilines is 2. The van der Waals surface area contributed by atoms with Gasteiger partial charge in [-0.1, -0.05) is 0 Å². The van der Waals surface area contributed by atoms with Crippen LogP contribution in [0.3, 0.4) is 0 Å². The fourth-order valence-corrected chi connectivity index (χ4v) is 3.80. The third-order valence-electron chi connectivity index (χ3n) is 5.37. The monoisotopic (exact) mass is 451 g/mol. The topological polar surface area (TPSA) is 89.1 Å². The maximum absolute atomic E-state index is 15.3. The van der Waals surface area contributed by atoms with Gasteiger partial charge >= 0.3 is 12.1 Å². The van der Waals surface area contributed by atoms with Gasteiger partial charge in [-0.25, -0.2) is 14.0 Å². The molecule has 0 radical (unpaired) electrons. The number of nitrogens with zero attached hydrogens (tertiary/aromatic N) is 1. The molecular weight excluding hydrogens is 417 g/mol. The van der Waals surface area contributed by atoms with E-state index in [0.29, 0.717) is 36.8 Å². The molecule has 1 saturated heterocycles. The summed E-state index contributed by atoms with van der Waals surface area (Å²) in [5, 5.41) is 6.11. The Morgan fingerprint density at radius 3 is 2.56 bits per heavy atom. The van der Waals surface area contributed by atoms with Crippen LogP contribution in [0.4, 0.5) is 20.6 Å². The number of halogens is 1. The van der Waals surface area contributed by atoms with Crippen molar-refractivity contribution in [2.45, 2.75) is 58.6 Å². The Balaban J connectivity index is 1.78. The van der Waals surface area contributed by atoms with Gasteiger partial charge < -0.3 is 29.7 Å². The van der Waals surface area contributed by atoms with Gasteiger partial charge in [0.2, 0.25) is 0 Å². The molecule has 0 spiro atoms. The molecule has 1 aromatic rings. The van der Waals surface area contributed by atoms with E-state index in [-0.39, 0.29) is 24.1 Å². The van der Waals surface area contributed by atoms with Crippen molar-refractivity contribution >= 4 is 23.4 Å². The second kappa shape index (κ2) is 9.83. The van der Waals surface area contributed by atoms with Crippen LogP contribution in [0.1, 0.15) is 57.3 Å². The second-order valence-corrected chi connectivity index (χ2v) is 9.29. The lowest BCUT2D eigenvalue weighted by molar-refractivity contribution is 0.0513. The van der Waals surface area contributed by atoms with E-state index in [2.05, 4.69) is 10.6 Å². The van der Waals surface area contributed by atoms with Crippen LogP contribution >= 0.6 is 0 Å². The predicted octanol–water partition coefficient (Wildman–Crippen LogP) is 3.94. The quantitative estimate of drug-likeness (QED) is 0.579. The van der Waals surface area contributed by atoms with Crippen LogP contribution in [-0.2, 0) is 9.47 Å². The Labute approximate surface area is 188 Å². The van der Waals surface area contributed by atoms with Crippen molar-refractivity contribution in [2.75, 3.05) is 43.6 Å². The number of hydrogen-bond donors (Lipinski definition) is 2. The minimum atomic E-state index is -0.583. The van der Waals surface area contributed by atoms with Gasteiger partial charge in [-0.15, -0.1) is 0 Å². The normalized spacial score (nSPS) is 18.3. The van der Waals surface area contributed by atoms with Crippen molar-refractivity contribution in [3.8, 4) is 5.75 Å². The van der Waals surface area contributed by atoms with Gasteiger partial charge in [-0.05, 0) is 58.9 Å². The minimum absolute atomic E-state index is 0.135. The van der Waals surface area contributed by atoms with Gasteiger partial charge in [-0.2, -0.15) is 0 Å². The second-order valence-electron chi connectivity index (χ2n) is 9.29. The molecule has 8 nitrogen and oxygen atoms in total. The number of rotatable bonds is 8. The van der Waals surface area contributed by atoms with E-state index < -0.39 is 23.5 Å². The van der Waals surface area contributed by atoms with Gasteiger partial charge in [0.25, 0.3) is 0 Å². The molecule has 178 valence electrons. The SMILES string of the molecule is CCOC(=O)c1cc(F)c(N2CCC(CNC(=O)OC(C)(C)C)C2)c(OC)c1NC1CC1. The molecule has 1 heterocycles.